The molecule has 0 saturated carbocycles. The predicted molar refractivity (Wildman–Crippen MR) is 36.2 cm³/mol. The minimum atomic E-state index is -5.23. The standard InChI is InChI=1S/C5H4F3NO3S/c1-13(11,12)3(2-9)4(10)5(6,7)8/h10H,1H3. The zero-order chi connectivity index (χ0) is 10.9. The minimum Gasteiger partial charge on any atom is -0.503 e. The Morgan fingerprint density at radius 1 is 1.46 bits per heavy atom. The van der Waals surface area contributed by atoms with E-state index in [1.807, 2.05) is 0 Å². The molecule has 0 aromatic heterocycles. The lowest BCUT2D eigenvalue weighted by Crippen LogP contribution is -2.17. The predicted octanol–water partition coefficient (Wildman–Crippen LogP) is 0.886. The Bertz CT molecular complexity index is 373. The van der Waals surface area contributed by atoms with E-state index in [-0.39, 0.29) is 0 Å². The highest BCUT2D eigenvalue weighted by atomic mass is 32.2. The van der Waals surface area contributed by atoms with Gasteiger partial charge in [-0.2, -0.15) is 18.4 Å². The summed E-state index contributed by atoms with van der Waals surface area (Å²) >= 11 is 0. The molecule has 0 bridgehead atoms. The van der Waals surface area contributed by atoms with Crippen molar-refractivity contribution in [1.82, 2.24) is 0 Å². The van der Waals surface area contributed by atoms with E-state index in [0.717, 1.165) is 6.07 Å². The maximum absolute atomic E-state index is 11.7. The van der Waals surface area contributed by atoms with Gasteiger partial charge in [0.15, 0.2) is 14.7 Å². The number of sulfone groups is 1. The molecule has 13 heavy (non-hydrogen) atoms. The van der Waals surface area contributed by atoms with Crippen LogP contribution in [0.5, 0.6) is 0 Å². The summed E-state index contributed by atoms with van der Waals surface area (Å²) in [5.74, 6) is -2.39. The van der Waals surface area contributed by atoms with Gasteiger partial charge in [-0.3, -0.25) is 0 Å². The van der Waals surface area contributed by atoms with E-state index in [1.165, 1.54) is 0 Å². The van der Waals surface area contributed by atoms with E-state index >= 15 is 0 Å². The topological polar surface area (TPSA) is 78.2 Å². The molecule has 74 valence electrons. The molecule has 1 N–H and O–H groups in total. The van der Waals surface area contributed by atoms with Crippen molar-refractivity contribution < 1.29 is 26.7 Å². The largest absolute Gasteiger partial charge is 0.503 e. The van der Waals surface area contributed by atoms with E-state index in [2.05, 4.69) is 0 Å². The molecular formula is C5H4F3NO3S. The van der Waals surface area contributed by atoms with E-state index in [0.29, 0.717) is 6.26 Å². The highest BCUT2D eigenvalue weighted by Gasteiger charge is 2.39. The number of aliphatic hydroxyl groups excluding tert-OH is 1. The molecule has 0 spiro atoms. The van der Waals surface area contributed by atoms with Crippen molar-refractivity contribution in [3.05, 3.63) is 10.7 Å². The molecule has 0 radical (unpaired) electrons. The zero-order valence-electron chi connectivity index (χ0n) is 6.25. The molecule has 0 saturated heterocycles. The van der Waals surface area contributed by atoms with Crippen LogP contribution in [0.3, 0.4) is 0 Å². The summed E-state index contributed by atoms with van der Waals surface area (Å²) in [5.41, 5.74) is 0. The van der Waals surface area contributed by atoms with Crippen LogP contribution in [0.25, 0.3) is 0 Å². The Hall–Kier alpha value is -1.23. The van der Waals surface area contributed by atoms with Crippen LogP contribution >= 0.6 is 0 Å². The quantitative estimate of drug-likeness (QED) is 0.520. The van der Waals surface area contributed by atoms with Gasteiger partial charge in [0.05, 0.1) is 0 Å². The van der Waals surface area contributed by atoms with Gasteiger partial charge in [0.1, 0.15) is 6.07 Å². The number of aliphatic hydroxyl groups is 1. The van der Waals surface area contributed by atoms with Gasteiger partial charge in [-0.15, -0.1) is 0 Å². The summed E-state index contributed by atoms with van der Waals surface area (Å²) in [6.07, 6.45) is -4.83. The molecule has 0 atom stereocenters. The van der Waals surface area contributed by atoms with E-state index in [4.69, 9.17) is 10.4 Å². The summed E-state index contributed by atoms with van der Waals surface area (Å²) in [6, 6.07) is 0.770. The van der Waals surface area contributed by atoms with Crippen molar-refractivity contribution in [2.45, 2.75) is 6.18 Å². The number of alkyl halides is 3. The molecule has 0 aliphatic rings. The normalized spacial score (nSPS) is 14.7. The van der Waals surface area contributed by atoms with Crippen LogP contribution in [0, 0.1) is 11.3 Å². The monoisotopic (exact) mass is 215 g/mol. The Morgan fingerprint density at radius 3 is 1.92 bits per heavy atom. The van der Waals surface area contributed by atoms with Crippen LogP contribution < -0.4 is 0 Å². The maximum atomic E-state index is 11.7. The maximum Gasteiger partial charge on any atom is 0.450 e. The van der Waals surface area contributed by atoms with Crippen molar-refractivity contribution in [3.63, 3.8) is 0 Å². The Morgan fingerprint density at radius 2 is 1.85 bits per heavy atom. The van der Waals surface area contributed by atoms with Crippen molar-refractivity contribution >= 4 is 9.84 Å². The molecule has 0 rings (SSSR count). The fourth-order valence-corrected chi connectivity index (χ4v) is 1.07. The lowest BCUT2D eigenvalue weighted by molar-refractivity contribution is -0.120. The highest BCUT2D eigenvalue weighted by Crippen LogP contribution is 2.27. The van der Waals surface area contributed by atoms with Crippen molar-refractivity contribution in [1.29, 1.82) is 5.26 Å². The van der Waals surface area contributed by atoms with Gasteiger partial charge in [0.25, 0.3) is 0 Å². The van der Waals surface area contributed by atoms with E-state index in [1.54, 1.807) is 0 Å². The van der Waals surface area contributed by atoms with Crippen molar-refractivity contribution in [2.75, 3.05) is 6.26 Å². The number of hydrogen-bond acceptors (Lipinski definition) is 4. The second-order valence-electron chi connectivity index (χ2n) is 2.06. The van der Waals surface area contributed by atoms with Crippen LogP contribution in [0.2, 0.25) is 0 Å². The van der Waals surface area contributed by atoms with Crippen LogP contribution in [0.4, 0.5) is 13.2 Å². The van der Waals surface area contributed by atoms with Crippen LogP contribution in [-0.4, -0.2) is 26.0 Å². The number of nitrogens with zero attached hydrogens (tertiary/aromatic N) is 1. The number of allylic oxidation sites excluding steroid dienone is 2. The van der Waals surface area contributed by atoms with Gasteiger partial charge in [-0.25, -0.2) is 8.42 Å². The first-order valence-electron chi connectivity index (χ1n) is 2.71. The van der Waals surface area contributed by atoms with Crippen molar-refractivity contribution in [3.8, 4) is 6.07 Å². The van der Waals surface area contributed by atoms with Crippen LogP contribution in [-0.2, 0) is 9.84 Å². The second-order valence-corrected chi connectivity index (χ2v) is 4.01. The van der Waals surface area contributed by atoms with Gasteiger partial charge in [-0.1, -0.05) is 0 Å². The first-order chi connectivity index (χ1) is 5.60. The molecule has 0 aliphatic carbocycles. The fourth-order valence-electron chi connectivity index (χ4n) is 0.440. The van der Waals surface area contributed by atoms with Gasteiger partial charge >= 0.3 is 6.18 Å². The summed E-state index contributed by atoms with van der Waals surface area (Å²) in [5, 5.41) is 16.4. The molecular weight excluding hydrogens is 211 g/mol. The van der Waals surface area contributed by atoms with Gasteiger partial charge in [0, 0.05) is 6.26 Å². The van der Waals surface area contributed by atoms with Crippen LogP contribution in [0.1, 0.15) is 0 Å². The molecule has 0 aromatic carbocycles. The molecule has 0 amide bonds. The fraction of sp³-hybridized carbons (Fsp3) is 0.400. The van der Waals surface area contributed by atoms with Gasteiger partial charge < -0.3 is 5.11 Å². The average molecular weight is 215 g/mol. The molecule has 8 heteroatoms. The molecule has 0 fully saturated rings. The third-order valence-electron chi connectivity index (χ3n) is 0.956. The number of nitriles is 1. The van der Waals surface area contributed by atoms with Gasteiger partial charge in [0.2, 0.25) is 5.76 Å². The minimum absolute atomic E-state index is 0.396. The third kappa shape index (κ3) is 2.95. The number of rotatable bonds is 1. The molecule has 0 unspecified atom stereocenters. The lowest BCUT2D eigenvalue weighted by atomic mass is 10.4. The molecule has 0 aromatic rings. The Labute approximate surface area is 71.8 Å². The highest BCUT2D eigenvalue weighted by molar-refractivity contribution is 7.94. The number of hydrogen-bond donors (Lipinski definition) is 1. The van der Waals surface area contributed by atoms with E-state index < -0.39 is 26.7 Å². The Balaban J connectivity index is 5.61. The molecule has 0 aliphatic heterocycles. The SMILES string of the molecule is CS(=O)(=O)C(C#N)=C(O)C(F)(F)F. The summed E-state index contributed by atoms with van der Waals surface area (Å²) < 4.78 is 56.1. The lowest BCUT2D eigenvalue weighted by Gasteiger charge is -2.05. The third-order valence-corrected chi connectivity index (χ3v) is 1.98. The van der Waals surface area contributed by atoms with Crippen LogP contribution in [0.15, 0.2) is 10.7 Å². The smallest absolute Gasteiger partial charge is 0.450 e. The number of halogens is 3. The second kappa shape index (κ2) is 3.26. The first-order valence-corrected chi connectivity index (χ1v) is 4.60. The van der Waals surface area contributed by atoms with Gasteiger partial charge in [-0.05, 0) is 0 Å². The average Bonchev–Trinajstić information content (AvgIpc) is 1.83. The molecule has 4 nitrogen and oxygen atoms in total. The van der Waals surface area contributed by atoms with E-state index in [9.17, 15) is 21.6 Å². The molecule has 0 heterocycles. The zero-order valence-corrected chi connectivity index (χ0v) is 7.07. The Kier molecular flexibility index (Phi) is 2.95. The first kappa shape index (κ1) is 11.8. The summed E-state index contributed by atoms with van der Waals surface area (Å²) in [6.45, 7) is 0. The summed E-state index contributed by atoms with van der Waals surface area (Å²) in [7, 11) is -4.35. The summed E-state index contributed by atoms with van der Waals surface area (Å²) in [4.78, 5) is -1.68. The van der Waals surface area contributed by atoms with Crippen molar-refractivity contribution in [2.24, 2.45) is 0 Å².